The molecule has 0 fully saturated rings. The summed E-state index contributed by atoms with van der Waals surface area (Å²) in [5.41, 5.74) is 18.9. The van der Waals surface area contributed by atoms with E-state index in [0.717, 1.165) is 55.7 Å². The minimum absolute atomic E-state index is 0.486. The van der Waals surface area contributed by atoms with Crippen LogP contribution in [0.15, 0.2) is 211 Å². The third-order valence-corrected chi connectivity index (χ3v) is 12.7. The molecular weight excluding hydrogens is 726 g/mol. The van der Waals surface area contributed by atoms with Crippen LogP contribution in [0.1, 0.15) is 22.3 Å². The lowest BCUT2D eigenvalue weighted by Gasteiger charge is -2.32. The summed E-state index contributed by atoms with van der Waals surface area (Å²) in [4.78, 5) is 2.31. The molecule has 0 saturated heterocycles. The Morgan fingerprint density at radius 3 is 1.48 bits per heavy atom. The molecule has 1 aromatic heterocycles. The molecule has 1 spiro atoms. The Hall–Kier alpha value is -7.13. The second kappa shape index (κ2) is 12.7. The molecule has 10 aromatic rings. The largest absolute Gasteiger partial charge is 0.456 e. The van der Waals surface area contributed by atoms with Gasteiger partial charge in [0.25, 0.3) is 0 Å². The molecule has 1 heterocycles. The molecule has 0 unspecified atom stereocenters. The second-order valence-electron chi connectivity index (χ2n) is 15.3. The number of hydrogen-bond acceptors (Lipinski definition) is 2. The normalized spacial score (nSPS) is 13.1. The van der Waals surface area contributed by atoms with Gasteiger partial charge in [0.05, 0.1) is 16.1 Å². The topological polar surface area (TPSA) is 16.4 Å². The Morgan fingerprint density at radius 2 is 0.845 bits per heavy atom. The summed E-state index contributed by atoms with van der Waals surface area (Å²) in [5.74, 6) is 0. The molecule has 2 nitrogen and oxygen atoms in total. The molecule has 2 aliphatic carbocycles. The Morgan fingerprint density at radius 1 is 0.362 bits per heavy atom. The van der Waals surface area contributed by atoms with Crippen molar-refractivity contribution in [3.05, 3.63) is 234 Å². The Balaban J connectivity index is 1.05. The highest BCUT2D eigenvalue weighted by Crippen LogP contribution is 2.64. The number of anilines is 3. The molecule has 12 rings (SSSR count). The van der Waals surface area contributed by atoms with Crippen molar-refractivity contribution in [2.75, 3.05) is 4.90 Å². The Labute approximate surface area is 341 Å². The maximum Gasteiger partial charge on any atom is 0.136 e. The number of rotatable bonds is 5. The summed E-state index contributed by atoms with van der Waals surface area (Å²) in [6.07, 6.45) is 0. The molecule has 58 heavy (non-hydrogen) atoms. The predicted molar refractivity (Wildman–Crippen MR) is 241 cm³/mol. The van der Waals surface area contributed by atoms with E-state index in [1.54, 1.807) is 0 Å². The molecule has 3 heteroatoms. The summed E-state index contributed by atoms with van der Waals surface area (Å²) in [7, 11) is 0. The van der Waals surface area contributed by atoms with Crippen LogP contribution in [0.3, 0.4) is 0 Å². The number of halogens is 1. The highest BCUT2D eigenvalue weighted by molar-refractivity contribution is 6.34. The quantitative estimate of drug-likeness (QED) is 0.174. The lowest BCUT2D eigenvalue weighted by molar-refractivity contribution is 0.669. The summed E-state index contributed by atoms with van der Waals surface area (Å²) >= 11 is 7.56. The van der Waals surface area contributed by atoms with E-state index in [4.69, 9.17) is 16.0 Å². The van der Waals surface area contributed by atoms with Gasteiger partial charge >= 0.3 is 0 Å². The van der Waals surface area contributed by atoms with Gasteiger partial charge in [-0.1, -0.05) is 163 Å². The summed E-state index contributed by atoms with van der Waals surface area (Å²) in [6, 6.07) is 74.2. The lowest BCUT2D eigenvalue weighted by Crippen LogP contribution is -2.26. The predicted octanol–water partition coefficient (Wildman–Crippen LogP) is 15.4. The minimum atomic E-state index is -0.486. The molecule has 272 valence electrons. The van der Waals surface area contributed by atoms with Gasteiger partial charge in [-0.25, -0.2) is 0 Å². The first-order valence-electron chi connectivity index (χ1n) is 19.8. The van der Waals surface area contributed by atoms with E-state index in [1.807, 2.05) is 12.1 Å². The Bertz CT molecular complexity index is 3190. The first-order chi connectivity index (χ1) is 28.7. The highest BCUT2D eigenvalue weighted by Gasteiger charge is 2.52. The number of furan rings is 1. The van der Waals surface area contributed by atoms with Crippen molar-refractivity contribution < 1.29 is 4.42 Å². The van der Waals surface area contributed by atoms with E-state index in [9.17, 15) is 0 Å². The fraction of sp³-hybridized carbons (Fsp3) is 0.0182. The van der Waals surface area contributed by atoms with E-state index >= 15 is 0 Å². The van der Waals surface area contributed by atoms with Gasteiger partial charge < -0.3 is 9.32 Å². The monoisotopic (exact) mass is 759 g/mol. The van der Waals surface area contributed by atoms with Gasteiger partial charge in [-0.3, -0.25) is 0 Å². The van der Waals surface area contributed by atoms with E-state index in [-0.39, 0.29) is 0 Å². The van der Waals surface area contributed by atoms with Crippen molar-refractivity contribution in [3.8, 4) is 44.5 Å². The maximum absolute atomic E-state index is 7.56. The first-order valence-corrected chi connectivity index (χ1v) is 20.2. The van der Waals surface area contributed by atoms with Crippen LogP contribution in [0, 0.1) is 0 Å². The lowest BCUT2D eigenvalue weighted by atomic mass is 9.70. The zero-order chi connectivity index (χ0) is 38.4. The molecule has 0 bridgehead atoms. The summed E-state index contributed by atoms with van der Waals surface area (Å²) < 4.78 is 6.27. The standard InChI is InChI=1S/C55H34ClNO/c56-51-33-46-43-16-6-10-20-49(43)55(47-18-8-4-14-41(47)42-15-5-9-19-48(42)55)50(46)34-52(51)57(39-27-22-36(23-28-39)35-12-2-1-3-13-35)40-29-24-37(25-30-40)38-26-31-45-44-17-7-11-21-53(44)58-54(45)32-38/h1-34H. The zero-order valence-electron chi connectivity index (χ0n) is 31.4. The summed E-state index contributed by atoms with van der Waals surface area (Å²) in [6.45, 7) is 0. The second-order valence-corrected chi connectivity index (χ2v) is 15.7. The van der Waals surface area contributed by atoms with E-state index in [0.29, 0.717) is 5.02 Å². The number of para-hydroxylation sites is 1. The molecule has 0 amide bonds. The van der Waals surface area contributed by atoms with Crippen LogP contribution in [0.25, 0.3) is 66.4 Å². The van der Waals surface area contributed by atoms with Gasteiger partial charge in [-0.15, -0.1) is 0 Å². The summed E-state index contributed by atoms with van der Waals surface area (Å²) in [5, 5.41) is 2.95. The van der Waals surface area contributed by atoms with Crippen molar-refractivity contribution >= 4 is 50.6 Å². The number of hydrogen-bond donors (Lipinski definition) is 0. The zero-order valence-corrected chi connectivity index (χ0v) is 32.1. The van der Waals surface area contributed by atoms with Gasteiger partial charge in [-0.05, 0) is 121 Å². The van der Waals surface area contributed by atoms with E-state index in [2.05, 4.69) is 199 Å². The van der Waals surface area contributed by atoms with Crippen molar-refractivity contribution in [3.63, 3.8) is 0 Å². The SMILES string of the molecule is Clc1cc2c(cc1N(c1ccc(-c3ccccc3)cc1)c1ccc(-c3ccc4c(c3)oc3ccccc34)cc1)C1(c3ccccc3-c3ccccc31)c1ccccc1-2. The molecule has 0 N–H and O–H groups in total. The fourth-order valence-electron chi connectivity index (χ4n) is 9.84. The molecule has 0 aliphatic heterocycles. The van der Waals surface area contributed by atoms with Crippen molar-refractivity contribution in [2.45, 2.75) is 5.41 Å². The molecule has 0 radical (unpaired) electrons. The molecule has 0 atom stereocenters. The van der Waals surface area contributed by atoms with Crippen LogP contribution >= 0.6 is 11.6 Å². The van der Waals surface area contributed by atoms with Gasteiger partial charge in [0.2, 0.25) is 0 Å². The molecule has 0 saturated carbocycles. The molecule has 2 aliphatic rings. The van der Waals surface area contributed by atoms with Crippen LogP contribution in [0.2, 0.25) is 5.02 Å². The molecule has 9 aromatic carbocycles. The number of fused-ring (bicyclic) bond motifs is 13. The van der Waals surface area contributed by atoms with Crippen LogP contribution in [0.5, 0.6) is 0 Å². The van der Waals surface area contributed by atoms with Crippen LogP contribution < -0.4 is 4.90 Å². The highest BCUT2D eigenvalue weighted by atomic mass is 35.5. The fourth-order valence-corrected chi connectivity index (χ4v) is 10.1. The molecular formula is C55H34ClNO. The Kier molecular flexibility index (Phi) is 7.23. The average Bonchev–Trinajstić information content (AvgIpc) is 3.91. The van der Waals surface area contributed by atoms with Crippen LogP contribution in [-0.2, 0) is 5.41 Å². The van der Waals surface area contributed by atoms with E-state index in [1.165, 1.54) is 50.1 Å². The third kappa shape index (κ3) is 4.73. The number of nitrogens with zero attached hydrogens (tertiary/aromatic N) is 1. The third-order valence-electron chi connectivity index (χ3n) is 12.4. The minimum Gasteiger partial charge on any atom is -0.456 e. The smallest absolute Gasteiger partial charge is 0.136 e. The van der Waals surface area contributed by atoms with Gasteiger partial charge in [0.15, 0.2) is 0 Å². The van der Waals surface area contributed by atoms with Gasteiger partial charge in [0, 0.05) is 22.1 Å². The number of benzene rings is 9. The van der Waals surface area contributed by atoms with Crippen molar-refractivity contribution in [1.29, 1.82) is 0 Å². The maximum atomic E-state index is 7.56. The van der Waals surface area contributed by atoms with Gasteiger partial charge in [-0.2, -0.15) is 0 Å². The average molecular weight is 760 g/mol. The first kappa shape index (κ1) is 33.1. The van der Waals surface area contributed by atoms with Crippen molar-refractivity contribution in [2.24, 2.45) is 0 Å². The van der Waals surface area contributed by atoms with Crippen molar-refractivity contribution in [1.82, 2.24) is 0 Å². The van der Waals surface area contributed by atoms with Crippen LogP contribution in [0.4, 0.5) is 17.1 Å². The van der Waals surface area contributed by atoms with E-state index < -0.39 is 5.41 Å². The van der Waals surface area contributed by atoms with Crippen LogP contribution in [-0.4, -0.2) is 0 Å². The van der Waals surface area contributed by atoms with Gasteiger partial charge in [0.1, 0.15) is 11.2 Å².